The zero-order chi connectivity index (χ0) is 16.5. The van der Waals surface area contributed by atoms with E-state index in [1.165, 1.54) is 18.9 Å². The molecule has 0 amide bonds. The molecule has 1 aliphatic rings. The van der Waals surface area contributed by atoms with Crippen molar-refractivity contribution in [2.45, 2.75) is 39.2 Å². The summed E-state index contributed by atoms with van der Waals surface area (Å²) in [7, 11) is 0. The molecule has 0 radical (unpaired) electrons. The third kappa shape index (κ3) is 7.34. The van der Waals surface area contributed by atoms with Crippen LogP contribution in [0.2, 0.25) is 0 Å². The van der Waals surface area contributed by atoms with Crippen LogP contribution in [0.1, 0.15) is 32.3 Å². The molecule has 1 fully saturated rings. The van der Waals surface area contributed by atoms with Crippen LogP contribution >= 0.6 is 24.0 Å². The number of aliphatic imine (C=N–C) groups is 1. The molecule has 24 heavy (non-hydrogen) atoms. The van der Waals surface area contributed by atoms with E-state index in [4.69, 9.17) is 0 Å². The Balaban J connectivity index is 0.00000288. The van der Waals surface area contributed by atoms with Crippen LogP contribution < -0.4 is 10.6 Å². The summed E-state index contributed by atoms with van der Waals surface area (Å²) in [5.74, 6) is 0.676. The summed E-state index contributed by atoms with van der Waals surface area (Å²) in [4.78, 5) is 7.12. The maximum Gasteiger partial charge on any atom is 0.191 e. The van der Waals surface area contributed by atoms with Crippen molar-refractivity contribution in [2.75, 3.05) is 32.7 Å². The average molecular weight is 448 g/mol. The van der Waals surface area contributed by atoms with Crippen molar-refractivity contribution in [1.29, 1.82) is 0 Å². The van der Waals surface area contributed by atoms with Gasteiger partial charge in [0.25, 0.3) is 0 Å². The van der Waals surface area contributed by atoms with E-state index < -0.39 is 0 Å². The molecule has 1 aliphatic carbocycles. The molecule has 0 spiro atoms. The van der Waals surface area contributed by atoms with Crippen molar-refractivity contribution in [1.82, 2.24) is 15.5 Å². The first kappa shape index (κ1) is 21.2. The molecule has 4 nitrogen and oxygen atoms in total. The van der Waals surface area contributed by atoms with Crippen LogP contribution in [0, 0.1) is 5.82 Å². The minimum Gasteiger partial charge on any atom is -0.357 e. The Hall–Kier alpha value is -0.890. The quantitative estimate of drug-likeness (QED) is 0.347. The van der Waals surface area contributed by atoms with Crippen LogP contribution in [0.15, 0.2) is 29.3 Å². The van der Waals surface area contributed by atoms with E-state index in [0.29, 0.717) is 13.0 Å². The largest absolute Gasteiger partial charge is 0.357 e. The molecule has 2 N–H and O–H groups in total. The van der Waals surface area contributed by atoms with Crippen LogP contribution in [0.5, 0.6) is 0 Å². The van der Waals surface area contributed by atoms with Gasteiger partial charge in [0.2, 0.25) is 0 Å². The summed E-state index contributed by atoms with van der Waals surface area (Å²) in [5.41, 5.74) is 0.738. The average Bonchev–Trinajstić information content (AvgIpc) is 3.38. The number of hydrogen-bond donors (Lipinski definition) is 2. The molecule has 0 atom stereocenters. The predicted octanol–water partition coefficient (Wildman–Crippen LogP) is 3.03. The number of rotatable bonds is 9. The topological polar surface area (TPSA) is 39.7 Å². The number of nitrogens with one attached hydrogen (secondary N) is 2. The van der Waals surface area contributed by atoms with E-state index in [1.807, 2.05) is 12.1 Å². The van der Waals surface area contributed by atoms with Crippen LogP contribution in [0.3, 0.4) is 0 Å². The highest BCUT2D eigenvalue weighted by Crippen LogP contribution is 2.25. The summed E-state index contributed by atoms with van der Waals surface area (Å²) in [6.07, 6.45) is 3.32. The maximum atomic E-state index is 13.6. The van der Waals surface area contributed by atoms with Gasteiger partial charge in [-0.05, 0) is 44.4 Å². The SMILES string of the molecule is CCNC(=NCCN(CC)C1CC1)NCCc1ccccc1F.I. The van der Waals surface area contributed by atoms with E-state index in [0.717, 1.165) is 43.7 Å². The lowest BCUT2D eigenvalue weighted by molar-refractivity contribution is 0.286. The van der Waals surface area contributed by atoms with Gasteiger partial charge in [0.1, 0.15) is 5.82 Å². The minimum atomic E-state index is -0.140. The van der Waals surface area contributed by atoms with Gasteiger partial charge in [-0.2, -0.15) is 0 Å². The van der Waals surface area contributed by atoms with E-state index in [-0.39, 0.29) is 29.8 Å². The molecule has 0 unspecified atom stereocenters. The number of hydrogen-bond acceptors (Lipinski definition) is 2. The van der Waals surface area contributed by atoms with E-state index in [2.05, 4.69) is 34.4 Å². The van der Waals surface area contributed by atoms with Crippen LogP contribution in [-0.2, 0) is 6.42 Å². The lowest BCUT2D eigenvalue weighted by Crippen LogP contribution is -2.39. The zero-order valence-corrected chi connectivity index (χ0v) is 17.1. The highest BCUT2D eigenvalue weighted by atomic mass is 127. The molecule has 2 rings (SSSR count). The maximum absolute atomic E-state index is 13.6. The van der Waals surface area contributed by atoms with Crippen LogP contribution in [0.25, 0.3) is 0 Å². The Labute approximate surface area is 162 Å². The van der Waals surface area contributed by atoms with Gasteiger partial charge >= 0.3 is 0 Å². The molecule has 0 bridgehead atoms. The summed E-state index contributed by atoms with van der Waals surface area (Å²) in [5, 5.41) is 6.53. The number of guanidine groups is 1. The number of benzene rings is 1. The first-order chi connectivity index (χ1) is 11.2. The van der Waals surface area contributed by atoms with Gasteiger partial charge < -0.3 is 10.6 Å². The zero-order valence-electron chi connectivity index (χ0n) is 14.7. The van der Waals surface area contributed by atoms with E-state index in [1.54, 1.807) is 6.07 Å². The standard InChI is InChI=1S/C18H29FN4.HI/c1-3-20-18(22-13-14-23(4-2)16-9-10-16)21-12-11-15-7-5-6-8-17(15)19;/h5-8,16H,3-4,9-14H2,1-2H3,(H2,20,21,22);1H. The molecule has 1 aromatic carbocycles. The van der Waals surface area contributed by atoms with Gasteiger partial charge in [-0.1, -0.05) is 25.1 Å². The molecule has 6 heteroatoms. The van der Waals surface area contributed by atoms with Gasteiger partial charge in [0.15, 0.2) is 5.96 Å². The fraction of sp³-hybridized carbons (Fsp3) is 0.611. The van der Waals surface area contributed by atoms with Gasteiger partial charge in [-0.3, -0.25) is 9.89 Å². The van der Waals surface area contributed by atoms with Crippen molar-refractivity contribution in [3.05, 3.63) is 35.6 Å². The lowest BCUT2D eigenvalue weighted by atomic mass is 10.1. The molecule has 0 aromatic heterocycles. The van der Waals surface area contributed by atoms with Gasteiger partial charge in [0, 0.05) is 25.7 Å². The van der Waals surface area contributed by atoms with Crippen molar-refractivity contribution < 1.29 is 4.39 Å². The highest BCUT2D eigenvalue weighted by Gasteiger charge is 2.27. The van der Waals surface area contributed by atoms with Gasteiger partial charge in [0.05, 0.1) is 6.54 Å². The third-order valence-corrected chi connectivity index (χ3v) is 4.12. The Kier molecular flexibility index (Phi) is 10.2. The Morgan fingerprint density at radius 1 is 1.25 bits per heavy atom. The lowest BCUT2D eigenvalue weighted by Gasteiger charge is -2.19. The first-order valence-electron chi connectivity index (χ1n) is 8.74. The first-order valence-corrected chi connectivity index (χ1v) is 8.74. The summed E-state index contributed by atoms with van der Waals surface area (Å²) in [6.45, 7) is 8.65. The smallest absolute Gasteiger partial charge is 0.191 e. The van der Waals surface area contributed by atoms with Crippen molar-refractivity contribution in [2.24, 2.45) is 4.99 Å². The van der Waals surface area contributed by atoms with Crippen molar-refractivity contribution in [3.8, 4) is 0 Å². The molecule has 136 valence electrons. The fourth-order valence-corrected chi connectivity index (χ4v) is 2.69. The molecule has 0 aliphatic heterocycles. The normalized spacial score (nSPS) is 14.4. The third-order valence-electron chi connectivity index (χ3n) is 4.12. The second-order valence-electron chi connectivity index (χ2n) is 5.89. The Morgan fingerprint density at radius 3 is 2.62 bits per heavy atom. The summed E-state index contributed by atoms with van der Waals surface area (Å²) in [6, 6.07) is 7.71. The highest BCUT2D eigenvalue weighted by molar-refractivity contribution is 14.0. The van der Waals surface area contributed by atoms with Crippen molar-refractivity contribution >= 4 is 29.9 Å². The fourth-order valence-electron chi connectivity index (χ4n) is 2.69. The number of likely N-dealkylation sites (N-methyl/N-ethyl adjacent to an activating group) is 1. The Morgan fingerprint density at radius 2 is 2.00 bits per heavy atom. The van der Waals surface area contributed by atoms with Gasteiger partial charge in [-0.15, -0.1) is 24.0 Å². The second-order valence-corrected chi connectivity index (χ2v) is 5.89. The predicted molar refractivity (Wildman–Crippen MR) is 110 cm³/mol. The van der Waals surface area contributed by atoms with Crippen molar-refractivity contribution in [3.63, 3.8) is 0 Å². The molecule has 1 aromatic rings. The van der Waals surface area contributed by atoms with E-state index in [9.17, 15) is 4.39 Å². The number of halogens is 2. The minimum absolute atomic E-state index is 0. The van der Waals surface area contributed by atoms with Gasteiger partial charge in [-0.25, -0.2) is 4.39 Å². The molecule has 0 heterocycles. The Bertz CT molecular complexity index is 506. The molecule has 0 saturated heterocycles. The molecular weight excluding hydrogens is 418 g/mol. The second kappa shape index (κ2) is 11.6. The van der Waals surface area contributed by atoms with E-state index >= 15 is 0 Å². The van der Waals surface area contributed by atoms with Crippen LogP contribution in [0.4, 0.5) is 4.39 Å². The van der Waals surface area contributed by atoms with Crippen LogP contribution in [-0.4, -0.2) is 49.6 Å². The molecule has 1 saturated carbocycles. The summed E-state index contributed by atoms with van der Waals surface area (Å²) < 4.78 is 13.6. The number of nitrogens with zero attached hydrogens (tertiary/aromatic N) is 2. The summed E-state index contributed by atoms with van der Waals surface area (Å²) >= 11 is 0. The molecular formula is C18H30FIN4. The monoisotopic (exact) mass is 448 g/mol.